The standard InChI is InChI=1S/C12H16BrNO/c1-8(2)9-5-6-11(13)10(7-9)12(15)14(3)4/h5-8H,1-4H3. The minimum Gasteiger partial charge on any atom is -0.345 e. The second-order valence-electron chi connectivity index (χ2n) is 4.09. The topological polar surface area (TPSA) is 20.3 Å². The molecule has 1 aromatic carbocycles. The zero-order chi connectivity index (χ0) is 11.6. The maximum absolute atomic E-state index is 11.8. The Labute approximate surface area is 99.4 Å². The van der Waals surface area contributed by atoms with Crippen molar-refractivity contribution in [1.29, 1.82) is 0 Å². The van der Waals surface area contributed by atoms with Crippen LogP contribution in [0.2, 0.25) is 0 Å². The molecule has 0 N–H and O–H groups in total. The lowest BCUT2D eigenvalue weighted by atomic mass is 10.0. The number of nitrogens with zero attached hydrogens (tertiary/aromatic N) is 1. The molecule has 15 heavy (non-hydrogen) atoms. The second-order valence-corrected chi connectivity index (χ2v) is 4.95. The van der Waals surface area contributed by atoms with Gasteiger partial charge >= 0.3 is 0 Å². The number of carbonyl (C=O) groups excluding carboxylic acids is 1. The second kappa shape index (κ2) is 4.79. The van der Waals surface area contributed by atoms with E-state index in [2.05, 4.69) is 29.8 Å². The number of hydrogen-bond donors (Lipinski definition) is 0. The first-order chi connectivity index (χ1) is 6.93. The van der Waals surface area contributed by atoms with Crippen LogP contribution in [0.15, 0.2) is 22.7 Å². The van der Waals surface area contributed by atoms with Gasteiger partial charge < -0.3 is 4.90 Å². The summed E-state index contributed by atoms with van der Waals surface area (Å²) in [6.45, 7) is 4.24. The minimum atomic E-state index is 0.0318. The molecule has 0 spiro atoms. The molecule has 0 fully saturated rings. The fourth-order valence-corrected chi connectivity index (χ4v) is 1.72. The van der Waals surface area contributed by atoms with Crippen molar-refractivity contribution in [2.75, 3.05) is 14.1 Å². The van der Waals surface area contributed by atoms with Gasteiger partial charge in [0.05, 0.1) is 5.56 Å². The molecule has 0 radical (unpaired) electrons. The third kappa shape index (κ3) is 2.81. The molecule has 0 aliphatic heterocycles. The molecular formula is C12H16BrNO. The average molecular weight is 270 g/mol. The molecule has 0 aliphatic rings. The molecule has 0 heterocycles. The Balaban J connectivity index is 3.16. The van der Waals surface area contributed by atoms with E-state index in [1.54, 1.807) is 19.0 Å². The van der Waals surface area contributed by atoms with Gasteiger partial charge in [0.25, 0.3) is 5.91 Å². The smallest absolute Gasteiger partial charge is 0.254 e. The molecule has 3 heteroatoms. The fraction of sp³-hybridized carbons (Fsp3) is 0.417. The first-order valence-corrected chi connectivity index (χ1v) is 5.74. The van der Waals surface area contributed by atoms with Gasteiger partial charge in [0.15, 0.2) is 0 Å². The molecule has 1 rings (SSSR count). The van der Waals surface area contributed by atoms with Crippen LogP contribution < -0.4 is 0 Å². The Morgan fingerprint density at radius 3 is 2.40 bits per heavy atom. The van der Waals surface area contributed by atoms with Crippen LogP contribution in [0.5, 0.6) is 0 Å². The normalized spacial score (nSPS) is 10.5. The van der Waals surface area contributed by atoms with Gasteiger partial charge in [0.1, 0.15) is 0 Å². The molecule has 1 amide bonds. The van der Waals surface area contributed by atoms with E-state index < -0.39 is 0 Å². The van der Waals surface area contributed by atoms with E-state index >= 15 is 0 Å². The number of amides is 1. The van der Waals surface area contributed by atoms with Crippen LogP contribution in [0.25, 0.3) is 0 Å². The molecule has 0 saturated heterocycles. The Kier molecular flexibility index (Phi) is 3.91. The Morgan fingerprint density at radius 2 is 1.93 bits per heavy atom. The third-order valence-electron chi connectivity index (χ3n) is 2.29. The summed E-state index contributed by atoms with van der Waals surface area (Å²) in [6.07, 6.45) is 0. The van der Waals surface area contributed by atoms with Crippen LogP contribution in [0.4, 0.5) is 0 Å². The van der Waals surface area contributed by atoms with Crippen LogP contribution >= 0.6 is 15.9 Å². The lowest BCUT2D eigenvalue weighted by Crippen LogP contribution is -2.22. The third-order valence-corrected chi connectivity index (χ3v) is 2.99. The van der Waals surface area contributed by atoms with Crippen LogP contribution in [0.3, 0.4) is 0 Å². The molecule has 2 nitrogen and oxygen atoms in total. The minimum absolute atomic E-state index is 0.0318. The van der Waals surface area contributed by atoms with Crippen molar-refractivity contribution in [2.24, 2.45) is 0 Å². The van der Waals surface area contributed by atoms with Crippen molar-refractivity contribution in [3.8, 4) is 0 Å². The highest BCUT2D eigenvalue weighted by Gasteiger charge is 2.13. The van der Waals surface area contributed by atoms with Crippen molar-refractivity contribution >= 4 is 21.8 Å². The number of hydrogen-bond acceptors (Lipinski definition) is 1. The van der Waals surface area contributed by atoms with E-state index in [9.17, 15) is 4.79 Å². The Bertz CT molecular complexity index is 372. The SMILES string of the molecule is CC(C)c1ccc(Br)c(C(=O)N(C)C)c1. The van der Waals surface area contributed by atoms with E-state index in [1.807, 2.05) is 18.2 Å². The van der Waals surface area contributed by atoms with Crippen LogP contribution in [-0.4, -0.2) is 24.9 Å². The highest BCUT2D eigenvalue weighted by Crippen LogP contribution is 2.23. The molecule has 0 saturated carbocycles. The summed E-state index contributed by atoms with van der Waals surface area (Å²) in [5.41, 5.74) is 1.91. The summed E-state index contributed by atoms with van der Waals surface area (Å²) in [7, 11) is 3.52. The summed E-state index contributed by atoms with van der Waals surface area (Å²) in [4.78, 5) is 13.4. The Morgan fingerprint density at radius 1 is 1.33 bits per heavy atom. The van der Waals surface area contributed by atoms with Gasteiger partial charge in [0, 0.05) is 18.6 Å². The largest absolute Gasteiger partial charge is 0.345 e. The van der Waals surface area contributed by atoms with Gasteiger partial charge in [-0.05, 0) is 39.5 Å². The van der Waals surface area contributed by atoms with Gasteiger partial charge in [-0.3, -0.25) is 4.79 Å². The molecule has 0 aliphatic carbocycles. The highest BCUT2D eigenvalue weighted by atomic mass is 79.9. The number of carbonyl (C=O) groups is 1. The van der Waals surface area contributed by atoms with E-state index in [-0.39, 0.29) is 5.91 Å². The highest BCUT2D eigenvalue weighted by molar-refractivity contribution is 9.10. The quantitative estimate of drug-likeness (QED) is 0.807. The number of rotatable bonds is 2. The van der Waals surface area contributed by atoms with Crippen molar-refractivity contribution in [2.45, 2.75) is 19.8 Å². The average Bonchev–Trinajstić information content (AvgIpc) is 2.16. The monoisotopic (exact) mass is 269 g/mol. The van der Waals surface area contributed by atoms with E-state index in [1.165, 1.54) is 5.56 Å². The maximum Gasteiger partial charge on any atom is 0.254 e. The summed E-state index contributed by atoms with van der Waals surface area (Å²) in [5.74, 6) is 0.469. The van der Waals surface area contributed by atoms with E-state index in [4.69, 9.17) is 0 Å². The van der Waals surface area contributed by atoms with Crippen molar-refractivity contribution in [3.05, 3.63) is 33.8 Å². The van der Waals surface area contributed by atoms with Gasteiger partial charge in [0.2, 0.25) is 0 Å². The molecular weight excluding hydrogens is 254 g/mol. The Hall–Kier alpha value is -0.830. The first kappa shape index (κ1) is 12.2. The van der Waals surface area contributed by atoms with Crippen molar-refractivity contribution in [1.82, 2.24) is 4.90 Å². The first-order valence-electron chi connectivity index (χ1n) is 4.94. The van der Waals surface area contributed by atoms with E-state index in [0.717, 1.165) is 10.0 Å². The zero-order valence-electron chi connectivity index (χ0n) is 9.54. The molecule has 0 bridgehead atoms. The summed E-state index contributed by atoms with van der Waals surface area (Å²) < 4.78 is 0.852. The van der Waals surface area contributed by atoms with Crippen LogP contribution in [0, 0.1) is 0 Å². The van der Waals surface area contributed by atoms with Crippen LogP contribution in [-0.2, 0) is 0 Å². The van der Waals surface area contributed by atoms with Gasteiger partial charge in [-0.15, -0.1) is 0 Å². The van der Waals surface area contributed by atoms with Crippen molar-refractivity contribution < 1.29 is 4.79 Å². The summed E-state index contributed by atoms with van der Waals surface area (Å²) >= 11 is 3.40. The molecule has 0 atom stereocenters. The zero-order valence-corrected chi connectivity index (χ0v) is 11.1. The number of halogens is 1. The van der Waals surface area contributed by atoms with Gasteiger partial charge in [-0.1, -0.05) is 19.9 Å². The number of benzene rings is 1. The van der Waals surface area contributed by atoms with E-state index in [0.29, 0.717) is 5.92 Å². The fourth-order valence-electron chi connectivity index (χ4n) is 1.31. The van der Waals surface area contributed by atoms with Gasteiger partial charge in [-0.2, -0.15) is 0 Å². The summed E-state index contributed by atoms with van der Waals surface area (Å²) in [6, 6.07) is 5.93. The molecule has 1 aromatic rings. The molecule has 82 valence electrons. The summed E-state index contributed by atoms with van der Waals surface area (Å²) in [5, 5.41) is 0. The lowest BCUT2D eigenvalue weighted by Gasteiger charge is -2.14. The maximum atomic E-state index is 11.8. The lowest BCUT2D eigenvalue weighted by molar-refractivity contribution is 0.0826. The predicted octanol–water partition coefficient (Wildman–Crippen LogP) is 3.27. The van der Waals surface area contributed by atoms with Gasteiger partial charge in [-0.25, -0.2) is 0 Å². The molecule has 0 aromatic heterocycles. The van der Waals surface area contributed by atoms with Crippen LogP contribution in [0.1, 0.15) is 35.7 Å². The molecule has 0 unspecified atom stereocenters. The van der Waals surface area contributed by atoms with Crippen molar-refractivity contribution in [3.63, 3.8) is 0 Å². The predicted molar refractivity (Wildman–Crippen MR) is 66.2 cm³/mol.